The molecule has 8 nitrogen and oxygen atoms in total. The minimum Gasteiger partial charge on any atom is -0.325 e. The molecule has 154 valence electrons. The van der Waals surface area contributed by atoms with Gasteiger partial charge in [0.25, 0.3) is 11.8 Å². The van der Waals surface area contributed by atoms with Gasteiger partial charge in [0.15, 0.2) is 0 Å². The summed E-state index contributed by atoms with van der Waals surface area (Å²) in [4.78, 5) is 52.4. The van der Waals surface area contributed by atoms with E-state index in [9.17, 15) is 23.6 Å². The zero-order valence-corrected chi connectivity index (χ0v) is 15.9. The lowest BCUT2D eigenvalue weighted by atomic mass is 10.0. The van der Waals surface area contributed by atoms with Crippen molar-refractivity contribution in [1.82, 2.24) is 15.1 Å². The summed E-state index contributed by atoms with van der Waals surface area (Å²) in [6.07, 6.45) is 0.394. The van der Waals surface area contributed by atoms with Crippen LogP contribution in [0.1, 0.15) is 52.0 Å². The predicted molar refractivity (Wildman–Crippen MR) is 100 cm³/mol. The molecule has 29 heavy (non-hydrogen) atoms. The average molecular weight is 402 g/mol. The Hall–Kier alpha value is -2.65. The molecule has 0 saturated carbocycles. The molecule has 9 heteroatoms. The molecule has 3 unspecified atom stereocenters. The van der Waals surface area contributed by atoms with Crippen molar-refractivity contribution in [3.8, 4) is 0 Å². The lowest BCUT2D eigenvalue weighted by Crippen LogP contribution is -2.54. The first kappa shape index (κ1) is 19.7. The predicted octanol–water partition coefficient (Wildman–Crippen LogP) is 0.349. The molecule has 0 aliphatic carbocycles. The first-order chi connectivity index (χ1) is 13.9. The summed E-state index contributed by atoms with van der Waals surface area (Å²) in [5, 5.41) is 2.18. The normalized spacial score (nSPS) is 28.3. The van der Waals surface area contributed by atoms with Crippen molar-refractivity contribution in [2.45, 2.75) is 50.5 Å². The van der Waals surface area contributed by atoms with Crippen LogP contribution >= 0.6 is 0 Å². The number of benzene rings is 1. The van der Waals surface area contributed by atoms with Gasteiger partial charge in [0.1, 0.15) is 12.2 Å². The van der Waals surface area contributed by atoms with Crippen molar-refractivity contribution in [2.75, 3.05) is 13.1 Å². The van der Waals surface area contributed by atoms with E-state index in [2.05, 4.69) is 5.32 Å². The molecule has 2 fully saturated rings. The Morgan fingerprint density at radius 1 is 1.14 bits per heavy atom. The number of imide groups is 2. The number of rotatable bonds is 3. The lowest BCUT2D eigenvalue weighted by Gasteiger charge is -2.28. The highest BCUT2D eigenvalue weighted by Crippen LogP contribution is 2.31. The number of hydrogen-bond donors (Lipinski definition) is 2. The number of hydrogen-bond acceptors (Lipinski definition) is 6. The van der Waals surface area contributed by atoms with Gasteiger partial charge in [0.2, 0.25) is 11.8 Å². The fourth-order valence-electron chi connectivity index (χ4n) is 4.31. The van der Waals surface area contributed by atoms with E-state index in [0.717, 1.165) is 11.3 Å². The molecule has 0 aromatic heterocycles. The summed E-state index contributed by atoms with van der Waals surface area (Å²) in [6, 6.07) is 3.49. The molecule has 4 rings (SSSR count). The molecule has 1 aromatic rings. The highest BCUT2D eigenvalue weighted by Gasteiger charge is 2.45. The molecule has 3 aliphatic rings. The third-order valence-corrected chi connectivity index (χ3v) is 5.86. The van der Waals surface area contributed by atoms with E-state index in [4.69, 9.17) is 5.73 Å². The number of amides is 4. The van der Waals surface area contributed by atoms with Crippen LogP contribution < -0.4 is 11.1 Å². The van der Waals surface area contributed by atoms with Crippen LogP contribution in [-0.2, 0) is 16.1 Å². The van der Waals surface area contributed by atoms with Gasteiger partial charge in [-0.2, -0.15) is 0 Å². The van der Waals surface area contributed by atoms with E-state index in [1.807, 2.05) is 4.90 Å². The molecule has 3 N–H and O–H groups in total. The summed E-state index contributed by atoms with van der Waals surface area (Å²) >= 11 is 0. The van der Waals surface area contributed by atoms with Crippen molar-refractivity contribution in [3.05, 3.63) is 34.9 Å². The summed E-state index contributed by atoms with van der Waals surface area (Å²) in [5.74, 6) is -2.14. The third-order valence-electron chi connectivity index (χ3n) is 5.86. The lowest BCUT2D eigenvalue weighted by molar-refractivity contribution is -0.136. The second-order valence-corrected chi connectivity index (χ2v) is 7.84. The highest BCUT2D eigenvalue weighted by molar-refractivity contribution is 6.24. The number of alkyl halides is 1. The van der Waals surface area contributed by atoms with E-state index >= 15 is 0 Å². The zero-order valence-electron chi connectivity index (χ0n) is 15.9. The fraction of sp³-hybridized carbons (Fsp3) is 0.500. The Labute approximate surface area is 167 Å². The largest absolute Gasteiger partial charge is 0.325 e. The number of nitrogens with one attached hydrogen (secondary N) is 1. The van der Waals surface area contributed by atoms with Crippen LogP contribution in [0.15, 0.2) is 18.2 Å². The number of nitrogens with zero attached hydrogens (tertiary/aromatic N) is 2. The van der Waals surface area contributed by atoms with Crippen LogP contribution in [0.5, 0.6) is 0 Å². The van der Waals surface area contributed by atoms with Gasteiger partial charge in [0.05, 0.1) is 11.1 Å². The second-order valence-electron chi connectivity index (χ2n) is 7.84. The van der Waals surface area contributed by atoms with Crippen molar-refractivity contribution < 1.29 is 23.6 Å². The van der Waals surface area contributed by atoms with E-state index in [1.54, 1.807) is 18.2 Å². The summed E-state index contributed by atoms with van der Waals surface area (Å²) in [6.45, 7) is 1.14. The molecule has 0 spiro atoms. The molecule has 2 saturated heterocycles. The molecular weight excluding hydrogens is 379 g/mol. The Bertz CT molecular complexity index is 889. The van der Waals surface area contributed by atoms with Gasteiger partial charge in [-0.1, -0.05) is 12.1 Å². The molecule has 3 heterocycles. The SMILES string of the molecule is NC1CCCN(Cc2cccc3c2C(=O)N(C2CCC(=O)NC2=O)C3=O)CC1F. The molecule has 3 atom stereocenters. The molecule has 1 aromatic carbocycles. The maximum absolute atomic E-state index is 14.2. The molecule has 0 bridgehead atoms. The monoisotopic (exact) mass is 402 g/mol. The maximum Gasteiger partial charge on any atom is 0.262 e. The number of halogens is 1. The summed E-state index contributed by atoms with van der Waals surface area (Å²) < 4.78 is 14.2. The Kier molecular flexibility index (Phi) is 5.18. The Balaban J connectivity index is 1.59. The van der Waals surface area contributed by atoms with Crippen LogP contribution in [-0.4, -0.2) is 64.8 Å². The maximum atomic E-state index is 14.2. The first-order valence-corrected chi connectivity index (χ1v) is 9.82. The Morgan fingerprint density at radius 2 is 1.93 bits per heavy atom. The number of piperidine rings is 1. The summed E-state index contributed by atoms with van der Waals surface area (Å²) in [5.41, 5.74) is 6.93. The quantitative estimate of drug-likeness (QED) is 0.706. The zero-order chi connectivity index (χ0) is 20.7. The fourth-order valence-corrected chi connectivity index (χ4v) is 4.31. The minimum atomic E-state index is -1.15. The second kappa shape index (κ2) is 7.64. The summed E-state index contributed by atoms with van der Waals surface area (Å²) in [7, 11) is 0. The topological polar surface area (TPSA) is 113 Å². The van der Waals surface area contributed by atoms with Crippen molar-refractivity contribution in [1.29, 1.82) is 0 Å². The van der Waals surface area contributed by atoms with Crippen molar-refractivity contribution in [3.63, 3.8) is 0 Å². The Morgan fingerprint density at radius 3 is 2.69 bits per heavy atom. The molecular formula is C20H23FN4O4. The highest BCUT2D eigenvalue weighted by atomic mass is 19.1. The van der Waals surface area contributed by atoms with Gasteiger partial charge < -0.3 is 5.73 Å². The minimum absolute atomic E-state index is 0.0720. The van der Waals surface area contributed by atoms with Gasteiger partial charge in [-0.15, -0.1) is 0 Å². The molecule has 3 aliphatic heterocycles. The molecule has 4 amide bonds. The number of carbonyl (C=O) groups is 4. The van der Waals surface area contributed by atoms with E-state index in [-0.39, 0.29) is 30.5 Å². The van der Waals surface area contributed by atoms with Crippen LogP contribution in [0.4, 0.5) is 4.39 Å². The van der Waals surface area contributed by atoms with Gasteiger partial charge in [-0.05, 0) is 37.4 Å². The standard InChI is InChI=1S/C20H23FN4O4/c21-13-10-24(8-2-5-14(13)22)9-11-3-1-4-12-17(11)20(29)25(19(12)28)15-6-7-16(26)23-18(15)27/h1,3-4,13-15H,2,5-10,22H2,(H,23,26,27). The average Bonchev–Trinajstić information content (AvgIpc) is 2.82. The molecule has 0 radical (unpaired) electrons. The third kappa shape index (κ3) is 3.56. The van der Waals surface area contributed by atoms with E-state index in [0.29, 0.717) is 25.1 Å². The number of carbonyl (C=O) groups excluding carboxylic acids is 4. The number of likely N-dealkylation sites (tertiary alicyclic amines) is 1. The van der Waals surface area contributed by atoms with Gasteiger partial charge in [0, 0.05) is 25.6 Å². The van der Waals surface area contributed by atoms with Crippen LogP contribution in [0, 0.1) is 0 Å². The van der Waals surface area contributed by atoms with Gasteiger partial charge >= 0.3 is 0 Å². The van der Waals surface area contributed by atoms with E-state index in [1.165, 1.54) is 0 Å². The van der Waals surface area contributed by atoms with Crippen LogP contribution in [0.3, 0.4) is 0 Å². The van der Waals surface area contributed by atoms with Crippen LogP contribution in [0.25, 0.3) is 0 Å². The first-order valence-electron chi connectivity index (χ1n) is 9.82. The van der Waals surface area contributed by atoms with Crippen molar-refractivity contribution in [2.24, 2.45) is 5.73 Å². The van der Waals surface area contributed by atoms with Gasteiger partial charge in [-0.3, -0.25) is 34.3 Å². The van der Waals surface area contributed by atoms with E-state index < -0.39 is 41.9 Å². The van der Waals surface area contributed by atoms with Crippen LogP contribution in [0.2, 0.25) is 0 Å². The smallest absolute Gasteiger partial charge is 0.262 e. The number of nitrogens with two attached hydrogens (primary N) is 1. The van der Waals surface area contributed by atoms with Gasteiger partial charge in [-0.25, -0.2) is 4.39 Å². The number of fused-ring (bicyclic) bond motifs is 1. The van der Waals surface area contributed by atoms with Crippen molar-refractivity contribution >= 4 is 23.6 Å².